The Kier molecular flexibility index (Phi) is 10.0. The standard InChI is InChI=1S/C36H56O14/c1-16-26(40)31(45-4)29(43)33(47-16)50-30-23(14-37)49-32(28(42)27(30)41)48-19-12-18-5-6-22-21(35(18,3)24(38)13-19)7-9-34(2)20(8-10-36(22,34)44)17-11-25(39)46-15-17/h11,16,18-24,26-33,37-38,40-44H,5-10,12-15H2,1-4H3/t16-,18-,19+,20+,21-,22+,23-,24+,26+,27+,28+,29+,30+,31+,32+,33+,34+,35-,36-/m0/s1. The van der Waals surface area contributed by atoms with Crippen LogP contribution in [0.4, 0.5) is 0 Å². The van der Waals surface area contributed by atoms with Gasteiger partial charge in [0.25, 0.3) is 0 Å². The van der Waals surface area contributed by atoms with Crippen LogP contribution >= 0.6 is 0 Å². The Balaban J connectivity index is 1.01. The molecule has 4 aliphatic carbocycles. The third kappa shape index (κ3) is 5.63. The fraction of sp³-hybridized carbons (Fsp3) is 0.917. The lowest BCUT2D eigenvalue weighted by Gasteiger charge is -2.64. The van der Waals surface area contributed by atoms with Crippen LogP contribution in [0.5, 0.6) is 0 Å². The maximum Gasteiger partial charge on any atom is 0.331 e. The number of methoxy groups -OCH3 is 1. The molecule has 3 aliphatic heterocycles. The zero-order valence-corrected chi connectivity index (χ0v) is 29.4. The molecule has 4 saturated carbocycles. The molecular formula is C36H56O14. The van der Waals surface area contributed by atoms with E-state index in [4.69, 9.17) is 28.4 Å². The van der Waals surface area contributed by atoms with Gasteiger partial charge in [-0.1, -0.05) is 13.8 Å². The molecule has 14 nitrogen and oxygen atoms in total. The van der Waals surface area contributed by atoms with Crippen molar-refractivity contribution in [2.24, 2.45) is 34.5 Å². The molecule has 7 rings (SSSR count). The summed E-state index contributed by atoms with van der Waals surface area (Å²) in [4.78, 5) is 11.9. The lowest BCUT2D eigenvalue weighted by molar-refractivity contribution is -0.363. The number of esters is 1. The highest BCUT2D eigenvalue weighted by Crippen LogP contribution is 2.70. The van der Waals surface area contributed by atoms with Crippen LogP contribution in [-0.2, 0) is 33.2 Å². The predicted molar refractivity (Wildman–Crippen MR) is 172 cm³/mol. The van der Waals surface area contributed by atoms with E-state index >= 15 is 0 Å². The highest BCUT2D eigenvalue weighted by molar-refractivity contribution is 5.85. The summed E-state index contributed by atoms with van der Waals surface area (Å²) in [6.45, 7) is 5.60. The number of aliphatic hydroxyl groups is 7. The van der Waals surface area contributed by atoms with Crippen molar-refractivity contribution in [2.45, 2.75) is 151 Å². The minimum Gasteiger partial charge on any atom is -0.458 e. The van der Waals surface area contributed by atoms with E-state index in [1.54, 1.807) is 13.0 Å². The van der Waals surface area contributed by atoms with Crippen molar-refractivity contribution >= 4 is 5.97 Å². The van der Waals surface area contributed by atoms with E-state index in [0.717, 1.165) is 37.7 Å². The highest BCUT2D eigenvalue weighted by Gasteiger charge is 2.69. The molecule has 3 heterocycles. The average molecular weight is 713 g/mol. The summed E-state index contributed by atoms with van der Waals surface area (Å²) >= 11 is 0. The molecule has 0 aromatic heterocycles. The van der Waals surface area contributed by atoms with E-state index in [1.807, 2.05) is 0 Å². The fourth-order valence-electron chi connectivity index (χ4n) is 11.6. The average Bonchev–Trinajstić information content (AvgIpc) is 3.63. The Morgan fingerprint density at radius 3 is 2.28 bits per heavy atom. The summed E-state index contributed by atoms with van der Waals surface area (Å²) in [6.07, 6.45) is -6.71. The Hall–Kier alpha value is -1.27. The topological polar surface area (TPSA) is 214 Å². The van der Waals surface area contributed by atoms with Gasteiger partial charge in [0.05, 0.1) is 30.5 Å². The van der Waals surface area contributed by atoms with Gasteiger partial charge in [-0.25, -0.2) is 4.79 Å². The van der Waals surface area contributed by atoms with E-state index in [2.05, 4.69) is 13.8 Å². The van der Waals surface area contributed by atoms with Crippen molar-refractivity contribution in [1.82, 2.24) is 0 Å². The number of fused-ring (bicyclic) bond motifs is 5. The number of hydrogen-bond acceptors (Lipinski definition) is 14. The second-order valence-corrected chi connectivity index (χ2v) is 16.6. The van der Waals surface area contributed by atoms with E-state index in [0.29, 0.717) is 19.4 Å². The minimum absolute atomic E-state index is 0.0104. The molecule has 0 spiro atoms. The molecule has 50 heavy (non-hydrogen) atoms. The van der Waals surface area contributed by atoms with E-state index in [1.165, 1.54) is 7.11 Å². The van der Waals surface area contributed by atoms with Crippen molar-refractivity contribution in [3.63, 3.8) is 0 Å². The molecule has 7 aliphatic rings. The van der Waals surface area contributed by atoms with Crippen LogP contribution in [0.3, 0.4) is 0 Å². The molecule has 284 valence electrons. The number of carbonyl (C=O) groups excluding carboxylic acids is 1. The second kappa shape index (κ2) is 13.5. The van der Waals surface area contributed by atoms with Crippen LogP contribution in [0.1, 0.15) is 72.1 Å². The molecular weight excluding hydrogens is 656 g/mol. The Bertz CT molecular complexity index is 1300. The Morgan fingerprint density at radius 2 is 1.60 bits per heavy atom. The van der Waals surface area contributed by atoms with Crippen molar-refractivity contribution in [3.8, 4) is 0 Å². The first kappa shape index (κ1) is 37.1. The van der Waals surface area contributed by atoms with Gasteiger partial charge in [-0.05, 0) is 86.5 Å². The molecule has 2 saturated heterocycles. The number of carbonyl (C=O) groups is 1. The summed E-state index contributed by atoms with van der Waals surface area (Å²) in [6, 6.07) is 0. The van der Waals surface area contributed by atoms with Crippen LogP contribution in [0.25, 0.3) is 0 Å². The molecule has 0 aromatic carbocycles. The number of hydrogen-bond donors (Lipinski definition) is 7. The van der Waals surface area contributed by atoms with Crippen molar-refractivity contribution < 1.29 is 69.0 Å². The first-order valence-electron chi connectivity index (χ1n) is 18.4. The summed E-state index contributed by atoms with van der Waals surface area (Å²) in [5, 5.41) is 77.9. The van der Waals surface area contributed by atoms with Crippen LogP contribution in [-0.4, -0.2) is 141 Å². The zero-order chi connectivity index (χ0) is 35.9. The lowest BCUT2D eigenvalue weighted by Crippen LogP contribution is -2.66. The third-order valence-electron chi connectivity index (χ3n) is 14.5. The highest BCUT2D eigenvalue weighted by atomic mass is 16.7. The molecule has 7 N–H and O–H groups in total. The molecule has 0 radical (unpaired) electrons. The summed E-state index contributed by atoms with van der Waals surface area (Å²) in [7, 11) is 1.33. The van der Waals surface area contributed by atoms with Crippen LogP contribution in [0, 0.1) is 34.5 Å². The molecule has 6 fully saturated rings. The second-order valence-electron chi connectivity index (χ2n) is 16.6. The van der Waals surface area contributed by atoms with Crippen molar-refractivity contribution in [2.75, 3.05) is 20.3 Å². The molecule has 0 bridgehead atoms. The normalized spacial score (nSPS) is 55.1. The molecule has 14 heteroatoms. The lowest BCUT2D eigenvalue weighted by atomic mass is 9.42. The van der Waals surface area contributed by atoms with Gasteiger partial charge >= 0.3 is 5.97 Å². The summed E-state index contributed by atoms with van der Waals surface area (Å²) in [5.74, 6) is -0.0371. The molecule has 0 aromatic rings. The predicted octanol–water partition coefficient (Wildman–Crippen LogP) is -0.0948. The van der Waals surface area contributed by atoms with Gasteiger partial charge in [0.15, 0.2) is 12.6 Å². The summed E-state index contributed by atoms with van der Waals surface area (Å²) < 4.78 is 34.2. The first-order chi connectivity index (χ1) is 23.7. The smallest absolute Gasteiger partial charge is 0.331 e. The van der Waals surface area contributed by atoms with Crippen LogP contribution in [0.2, 0.25) is 0 Å². The molecule has 0 unspecified atom stereocenters. The van der Waals surface area contributed by atoms with Gasteiger partial charge in [-0.3, -0.25) is 0 Å². The quantitative estimate of drug-likeness (QED) is 0.136. The Labute approximate surface area is 292 Å². The zero-order valence-electron chi connectivity index (χ0n) is 29.4. The van der Waals surface area contributed by atoms with E-state index in [-0.39, 0.29) is 41.5 Å². The molecule has 0 amide bonds. The van der Waals surface area contributed by atoms with Gasteiger partial charge < -0.3 is 64.2 Å². The summed E-state index contributed by atoms with van der Waals surface area (Å²) in [5.41, 5.74) is -0.775. The van der Waals surface area contributed by atoms with E-state index < -0.39 is 91.2 Å². The maximum absolute atomic E-state index is 12.5. The van der Waals surface area contributed by atoms with Crippen molar-refractivity contribution in [3.05, 3.63) is 11.6 Å². The number of rotatable bonds is 7. The minimum atomic E-state index is -1.59. The van der Waals surface area contributed by atoms with Crippen LogP contribution < -0.4 is 0 Å². The SMILES string of the molecule is CO[C@H]1[C@@H](O)[C@@H](O[C@H]2[C@H](O)[C@@H](O)[C@H](O[C@@H]3C[C@@H]4CC[C@@H]5[C@H](CC[C@]6(C)[C@@H](C7=CC(=O)OC7)CC[C@]56O)[C@@]4(C)[C@H](O)C3)O[C@H]2CO)O[C@@H](C)[C@H]1O. The van der Waals surface area contributed by atoms with Gasteiger partial charge in [-0.2, -0.15) is 0 Å². The first-order valence-corrected chi connectivity index (χ1v) is 18.4. The van der Waals surface area contributed by atoms with Gasteiger partial charge in [0.1, 0.15) is 49.3 Å². The van der Waals surface area contributed by atoms with Crippen LogP contribution in [0.15, 0.2) is 11.6 Å². The maximum atomic E-state index is 12.5. The van der Waals surface area contributed by atoms with Crippen molar-refractivity contribution in [1.29, 1.82) is 0 Å². The number of aliphatic hydroxyl groups excluding tert-OH is 6. The fourth-order valence-corrected chi connectivity index (χ4v) is 11.6. The monoisotopic (exact) mass is 712 g/mol. The number of ether oxygens (including phenoxy) is 6. The van der Waals surface area contributed by atoms with Gasteiger partial charge in [-0.15, -0.1) is 0 Å². The largest absolute Gasteiger partial charge is 0.458 e. The van der Waals surface area contributed by atoms with E-state index in [9.17, 15) is 40.5 Å². The molecule has 19 atom stereocenters. The number of cyclic esters (lactones) is 1. The van der Waals surface area contributed by atoms with Gasteiger partial charge in [0.2, 0.25) is 0 Å². The van der Waals surface area contributed by atoms with Gasteiger partial charge in [0, 0.05) is 25.0 Å². The Morgan fingerprint density at radius 1 is 0.860 bits per heavy atom. The third-order valence-corrected chi connectivity index (χ3v) is 14.5.